The highest BCUT2D eigenvalue weighted by Gasteiger charge is 2.11. The van der Waals surface area contributed by atoms with Gasteiger partial charge in [0.2, 0.25) is 0 Å². The number of ether oxygens (including phenoxy) is 2. The van der Waals surface area contributed by atoms with Crippen molar-refractivity contribution >= 4 is 23.1 Å². The summed E-state index contributed by atoms with van der Waals surface area (Å²) in [5.41, 5.74) is 9.30. The zero-order chi connectivity index (χ0) is 25.9. The van der Waals surface area contributed by atoms with Crippen LogP contribution in [0, 0.1) is 0 Å². The lowest BCUT2D eigenvalue weighted by molar-refractivity contribution is -0.128. The van der Waals surface area contributed by atoms with Gasteiger partial charge in [-0.3, -0.25) is 4.79 Å². The standard InChI is InChI=1S/C20H24N2O.C5H10O2.C2H6.CH5N/c1-5-22-19(15-7-6-8-17(11-15)21-4)12-16-9-10-18(13-20(16)22)23-14(2)3;1-2-3-4-7-5-6;2*1-2/h6-14,21H,5H2,1-4H3;5H,2-4H2,1H3;1-2H3;2H2,1H3. The molecule has 3 aromatic rings. The molecule has 34 heavy (non-hydrogen) atoms. The smallest absolute Gasteiger partial charge is 0.293 e. The van der Waals surface area contributed by atoms with Crippen molar-refractivity contribution in [1.82, 2.24) is 4.57 Å². The number of aryl methyl sites for hydroxylation is 1. The summed E-state index contributed by atoms with van der Waals surface area (Å²) in [4.78, 5) is 9.46. The van der Waals surface area contributed by atoms with Crippen molar-refractivity contribution in [3.05, 3.63) is 48.5 Å². The van der Waals surface area contributed by atoms with Crippen LogP contribution in [-0.4, -0.2) is 37.8 Å². The molecule has 0 atom stereocenters. The Balaban J connectivity index is 0.000000844. The van der Waals surface area contributed by atoms with Crippen LogP contribution in [-0.2, 0) is 16.1 Å². The van der Waals surface area contributed by atoms with E-state index in [-0.39, 0.29) is 6.10 Å². The van der Waals surface area contributed by atoms with Gasteiger partial charge in [0.15, 0.2) is 0 Å². The normalized spacial score (nSPS) is 9.59. The van der Waals surface area contributed by atoms with Gasteiger partial charge in [-0.1, -0.05) is 39.3 Å². The van der Waals surface area contributed by atoms with Gasteiger partial charge in [0.1, 0.15) is 5.75 Å². The SMILES string of the molecule is CC.CCCCOC=O.CCn1c(-c2cccc(NC)c2)cc2ccc(OC(C)C)cc21.CN. The van der Waals surface area contributed by atoms with Gasteiger partial charge in [0.05, 0.1) is 18.2 Å². The molecule has 0 bridgehead atoms. The molecular weight excluding hydrogens is 426 g/mol. The monoisotopic (exact) mass is 471 g/mol. The Labute approximate surface area is 206 Å². The van der Waals surface area contributed by atoms with E-state index in [1.807, 2.05) is 27.8 Å². The largest absolute Gasteiger partial charge is 0.491 e. The van der Waals surface area contributed by atoms with Crippen molar-refractivity contribution < 1.29 is 14.3 Å². The van der Waals surface area contributed by atoms with E-state index in [4.69, 9.17) is 4.74 Å². The fourth-order valence-corrected chi connectivity index (χ4v) is 3.27. The lowest BCUT2D eigenvalue weighted by atomic mass is 10.1. The Bertz CT molecular complexity index is 936. The Morgan fingerprint density at radius 2 is 1.76 bits per heavy atom. The average molecular weight is 472 g/mol. The van der Waals surface area contributed by atoms with Gasteiger partial charge in [-0.15, -0.1) is 0 Å². The van der Waals surface area contributed by atoms with Crippen LogP contribution >= 0.6 is 0 Å². The Morgan fingerprint density at radius 1 is 1.06 bits per heavy atom. The molecule has 2 aromatic carbocycles. The van der Waals surface area contributed by atoms with Crippen molar-refractivity contribution in [3.8, 4) is 17.0 Å². The molecule has 0 saturated heterocycles. The van der Waals surface area contributed by atoms with Gasteiger partial charge in [0.25, 0.3) is 6.47 Å². The third-order valence-electron chi connectivity index (χ3n) is 4.69. The first-order chi connectivity index (χ1) is 16.5. The lowest BCUT2D eigenvalue weighted by Gasteiger charge is -2.12. The molecule has 6 heteroatoms. The number of hydrogen-bond donors (Lipinski definition) is 2. The maximum atomic E-state index is 9.46. The van der Waals surface area contributed by atoms with E-state index in [1.165, 1.54) is 29.2 Å². The predicted octanol–water partition coefficient (Wildman–Crippen LogP) is 6.72. The highest BCUT2D eigenvalue weighted by molar-refractivity contribution is 5.88. The zero-order valence-electron chi connectivity index (χ0n) is 22.4. The molecule has 0 unspecified atom stereocenters. The minimum absolute atomic E-state index is 0.185. The summed E-state index contributed by atoms with van der Waals surface area (Å²) in [6.45, 7) is 14.3. The molecule has 0 saturated carbocycles. The zero-order valence-corrected chi connectivity index (χ0v) is 22.4. The molecule has 1 heterocycles. The van der Waals surface area contributed by atoms with Gasteiger partial charge in [-0.05, 0) is 64.6 Å². The summed E-state index contributed by atoms with van der Waals surface area (Å²) in [5.74, 6) is 0.927. The third-order valence-corrected chi connectivity index (χ3v) is 4.69. The molecule has 6 nitrogen and oxygen atoms in total. The topological polar surface area (TPSA) is 78.5 Å². The van der Waals surface area contributed by atoms with E-state index >= 15 is 0 Å². The summed E-state index contributed by atoms with van der Waals surface area (Å²) in [7, 11) is 3.45. The number of carbonyl (C=O) groups is 1. The van der Waals surface area contributed by atoms with Crippen LogP contribution in [0.1, 0.15) is 54.4 Å². The van der Waals surface area contributed by atoms with Crippen LogP contribution in [0.15, 0.2) is 48.5 Å². The molecule has 1 aromatic heterocycles. The molecule has 3 rings (SSSR count). The minimum atomic E-state index is 0.185. The van der Waals surface area contributed by atoms with Gasteiger partial charge in [-0.2, -0.15) is 0 Å². The fourth-order valence-electron chi connectivity index (χ4n) is 3.27. The summed E-state index contributed by atoms with van der Waals surface area (Å²) < 4.78 is 12.6. The number of nitrogens with two attached hydrogens (primary N) is 1. The second-order valence-electron chi connectivity index (χ2n) is 7.31. The number of nitrogens with one attached hydrogen (secondary N) is 1. The summed E-state index contributed by atoms with van der Waals surface area (Å²) in [6.07, 6.45) is 2.23. The van der Waals surface area contributed by atoms with Gasteiger partial charge >= 0.3 is 0 Å². The molecule has 0 aliphatic carbocycles. The van der Waals surface area contributed by atoms with Crippen molar-refractivity contribution in [1.29, 1.82) is 0 Å². The molecule has 0 radical (unpaired) electrons. The molecule has 0 aliphatic rings. The number of nitrogens with zero attached hydrogens (tertiary/aromatic N) is 1. The second kappa shape index (κ2) is 18.4. The van der Waals surface area contributed by atoms with Crippen molar-refractivity contribution in [3.63, 3.8) is 0 Å². The van der Waals surface area contributed by atoms with E-state index in [2.05, 4.69) is 89.7 Å². The number of aromatic nitrogens is 1. The molecule has 3 N–H and O–H groups in total. The fraction of sp³-hybridized carbons (Fsp3) is 0.464. The molecule has 0 aliphatic heterocycles. The summed E-state index contributed by atoms with van der Waals surface area (Å²) >= 11 is 0. The van der Waals surface area contributed by atoms with Gasteiger partial charge in [-0.25, -0.2) is 0 Å². The van der Waals surface area contributed by atoms with Gasteiger partial charge in [0, 0.05) is 42.0 Å². The quantitative estimate of drug-likeness (QED) is 0.268. The maximum Gasteiger partial charge on any atom is 0.293 e. The highest BCUT2D eigenvalue weighted by atomic mass is 16.5. The van der Waals surface area contributed by atoms with Crippen molar-refractivity contribution in [2.45, 2.75) is 67.0 Å². The minimum Gasteiger partial charge on any atom is -0.491 e. The van der Waals surface area contributed by atoms with E-state index in [0.29, 0.717) is 13.1 Å². The lowest BCUT2D eigenvalue weighted by Crippen LogP contribution is -2.05. The average Bonchev–Trinajstić information content (AvgIpc) is 3.25. The van der Waals surface area contributed by atoms with Crippen LogP contribution in [0.2, 0.25) is 0 Å². The number of carbonyl (C=O) groups excluding carboxylic acids is 1. The number of unbranched alkanes of at least 4 members (excludes halogenated alkanes) is 1. The molecular formula is C28H45N3O3. The number of anilines is 1. The van der Waals surface area contributed by atoms with Crippen LogP contribution in [0.3, 0.4) is 0 Å². The number of fused-ring (bicyclic) bond motifs is 1. The summed E-state index contributed by atoms with van der Waals surface area (Å²) in [6, 6.07) is 17.1. The van der Waals surface area contributed by atoms with Crippen LogP contribution < -0.4 is 15.8 Å². The third kappa shape index (κ3) is 9.87. The van der Waals surface area contributed by atoms with Gasteiger partial charge < -0.3 is 25.1 Å². The summed E-state index contributed by atoms with van der Waals surface area (Å²) in [5, 5.41) is 4.45. The van der Waals surface area contributed by atoms with Crippen LogP contribution in [0.25, 0.3) is 22.2 Å². The van der Waals surface area contributed by atoms with E-state index in [0.717, 1.165) is 30.8 Å². The van der Waals surface area contributed by atoms with Crippen molar-refractivity contribution in [2.75, 3.05) is 26.0 Å². The number of benzene rings is 2. The predicted molar refractivity (Wildman–Crippen MR) is 147 cm³/mol. The molecule has 190 valence electrons. The van der Waals surface area contributed by atoms with Crippen molar-refractivity contribution in [2.24, 2.45) is 5.73 Å². The highest BCUT2D eigenvalue weighted by Crippen LogP contribution is 2.32. The van der Waals surface area contributed by atoms with E-state index < -0.39 is 0 Å². The van der Waals surface area contributed by atoms with E-state index in [9.17, 15) is 4.79 Å². The van der Waals surface area contributed by atoms with E-state index in [1.54, 1.807) is 0 Å². The van der Waals surface area contributed by atoms with Crippen LogP contribution in [0.5, 0.6) is 5.75 Å². The second-order valence-corrected chi connectivity index (χ2v) is 7.31. The number of rotatable bonds is 9. The first-order valence-electron chi connectivity index (χ1n) is 12.2. The Hall–Kier alpha value is -2.99. The first-order valence-corrected chi connectivity index (χ1v) is 12.2. The van der Waals surface area contributed by atoms with Crippen LogP contribution in [0.4, 0.5) is 5.69 Å². The number of hydrogen-bond acceptors (Lipinski definition) is 5. The first kappa shape index (κ1) is 31.0. The molecule has 0 fully saturated rings. The maximum absolute atomic E-state index is 9.46. The molecule has 0 amide bonds. The Morgan fingerprint density at radius 3 is 2.32 bits per heavy atom. The Kier molecular flexibility index (Phi) is 16.8. The molecule has 0 spiro atoms.